The largest absolute Gasteiger partial charge is 0.504 e. The van der Waals surface area contributed by atoms with Gasteiger partial charge >= 0.3 is 0 Å². The Morgan fingerprint density at radius 3 is 2.43 bits per heavy atom. The molecule has 7 nitrogen and oxygen atoms in total. The van der Waals surface area contributed by atoms with Gasteiger partial charge in [-0.3, -0.25) is 4.68 Å². The van der Waals surface area contributed by atoms with Crippen molar-refractivity contribution in [1.82, 2.24) is 9.78 Å². The monoisotopic (exact) mass is 419 g/mol. The average Bonchev–Trinajstić information content (AvgIpc) is 3.11. The molecule has 0 aliphatic carbocycles. The van der Waals surface area contributed by atoms with Crippen LogP contribution in [0.2, 0.25) is 0 Å². The Bertz CT molecular complexity index is 1460. The van der Waals surface area contributed by atoms with Gasteiger partial charge in [0, 0.05) is 17.8 Å². The zero-order valence-electron chi connectivity index (χ0n) is 16.2. The van der Waals surface area contributed by atoms with Crippen molar-refractivity contribution < 1.29 is 18.3 Å². The summed E-state index contributed by atoms with van der Waals surface area (Å²) in [5, 5.41) is 27.2. The minimum Gasteiger partial charge on any atom is -0.504 e. The molecule has 0 unspecified atom stereocenters. The minimum absolute atomic E-state index is 0.0342. The van der Waals surface area contributed by atoms with Gasteiger partial charge in [-0.1, -0.05) is 30.3 Å². The molecule has 0 saturated carbocycles. The predicted octanol–water partition coefficient (Wildman–Crippen LogP) is 3.96. The number of rotatable bonds is 4. The minimum atomic E-state index is -4.26. The molecule has 1 aromatic heterocycles. The van der Waals surface area contributed by atoms with Crippen molar-refractivity contribution in [3.05, 3.63) is 71.3 Å². The lowest BCUT2D eigenvalue weighted by atomic mass is 10.1. The third-order valence-corrected chi connectivity index (χ3v) is 6.62. The molecule has 0 aliphatic rings. The number of nitriles is 1. The van der Waals surface area contributed by atoms with Crippen LogP contribution in [0.1, 0.15) is 5.69 Å². The number of aliphatic hydroxyl groups excluding tert-OH is 1. The van der Waals surface area contributed by atoms with Gasteiger partial charge in [-0.2, -0.15) is 10.4 Å². The van der Waals surface area contributed by atoms with E-state index < -0.39 is 20.5 Å². The van der Waals surface area contributed by atoms with Crippen LogP contribution < -0.4 is 4.74 Å². The highest BCUT2D eigenvalue weighted by Gasteiger charge is 2.28. The molecule has 4 aromatic rings. The van der Waals surface area contributed by atoms with E-state index in [1.54, 1.807) is 23.9 Å². The Hall–Kier alpha value is -3.83. The summed E-state index contributed by atoms with van der Waals surface area (Å²) in [6.07, 6.45) is 0. The normalized spacial score (nSPS) is 12.6. The lowest BCUT2D eigenvalue weighted by Crippen LogP contribution is -2.07. The summed E-state index contributed by atoms with van der Waals surface area (Å²) < 4.78 is 32.6. The summed E-state index contributed by atoms with van der Waals surface area (Å²) in [6, 6.07) is 18.5. The van der Waals surface area contributed by atoms with Crippen LogP contribution in [0.15, 0.2) is 70.5 Å². The van der Waals surface area contributed by atoms with Crippen molar-refractivity contribution in [3.63, 3.8) is 0 Å². The van der Waals surface area contributed by atoms with Crippen molar-refractivity contribution in [2.24, 2.45) is 7.05 Å². The number of aryl methyl sites for hydroxylation is 1. The van der Waals surface area contributed by atoms with E-state index in [2.05, 4.69) is 5.10 Å². The molecule has 0 fully saturated rings. The first-order valence-electron chi connectivity index (χ1n) is 8.95. The van der Waals surface area contributed by atoms with E-state index in [9.17, 15) is 18.8 Å². The summed E-state index contributed by atoms with van der Waals surface area (Å²) in [6.45, 7) is 0. The molecular weight excluding hydrogens is 402 g/mol. The number of methoxy groups -OCH3 is 1. The van der Waals surface area contributed by atoms with E-state index in [0.717, 1.165) is 16.3 Å². The number of ether oxygens (including phenoxy) is 1. The van der Waals surface area contributed by atoms with Crippen molar-refractivity contribution >= 4 is 37.3 Å². The van der Waals surface area contributed by atoms with Crippen molar-refractivity contribution in [3.8, 4) is 11.8 Å². The molecular formula is C22H17N3O4S. The SMILES string of the molecule is COc1ccc(S(=O)(=O)/C(C#N)=C(/O)c2nn(C)c3c2ccc2ccccc23)cc1. The highest BCUT2D eigenvalue weighted by Crippen LogP contribution is 2.33. The number of hydrogen-bond acceptors (Lipinski definition) is 6. The Balaban J connectivity index is 1.95. The van der Waals surface area contributed by atoms with E-state index in [1.165, 1.54) is 31.4 Å². The first kappa shape index (κ1) is 19.5. The number of fused-ring (bicyclic) bond motifs is 3. The molecule has 150 valence electrons. The van der Waals surface area contributed by atoms with Crippen LogP contribution in [0.25, 0.3) is 27.4 Å². The summed E-state index contributed by atoms with van der Waals surface area (Å²) in [4.78, 5) is -0.891. The molecule has 8 heteroatoms. The van der Waals surface area contributed by atoms with Gasteiger partial charge in [0.1, 0.15) is 17.5 Å². The summed E-state index contributed by atoms with van der Waals surface area (Å²) >= 11 is 0. The van der Waals surface area contributed by atoms with Crippen LogP contribution >= 0.6 is 0 Å². The van der Waals surface area contributed by atoms with Gasteiger partial charge in [0.15, 0.2) is 10.7 Å². The Morgan fingerprint density at radius 2 is 1.77 bits per heavy atom. The van der Waals surface area contributed by atoms with Gasteiger partial charge in [-0.15, -0.1) is 0 Å². The topological polar surface area (TPSA) is 105 Å². The van der Waals surface area contributed by atoms with Crippen LogP contribution in [0, 0.1) is 11.3 Å². The molecule has 0 saturated heterocycles. The number of sulfone groups is 1. The highest BCUT2D eigenvalue weighted by atomic mass is 32.2. The van der Waals surface area contributed by atoms with Crippen LogP contribution in [-0.4, -0.2) is 30.4 Å². The van der Waals surface area contributed by atoms with E-state index in [1.807, 2.05) is 30.3 Å². The van der Waals surface area contributed by atoms with Gasteiger partial charge in [0.2, 0.25) is 9.84 Å². The Morgan fingerprint density at radius 1 is 1.07 bits per heavy atom. The molecule has 0 amide bonds. The first-order chi connectivity index (χ1) is 14.4. The van der Waals surface area contributed by atoms with Gasteiger partial charge in [0.05, 0.1) is 17.5 Å². The maximum Gasteiger partial charge on any atom is 0.220 e. The van der Waals surface area contributed by atoms with E-state index in [-0.39, 0.29) is 10.6 Å². The third-order valence-electron chi connectivity index (χ3n) is 4.91. The summed E-state index contributed by atoms with van der Waals surface area (Å²) in [5.74, 6) is -0.211. The van der Waals surface area contributed by atoms with Crippen LogP contribution in [0.5, 0.6) is 5.75 Å². The molecule has 30 heavy (non-hydrogen) atoms. The van der Waals surface area contributed by atoms with Crippen molar-refractivity contribution in [2.75, 3.05) is 7.11 Å². The molecule has 4 rings (SSSR count). The quantitative estimate of drug-likeness (QED) is 0.396. The molecule has 0 atom stereocenters. The third kappa shape index (κ3) is 2.96. The molecule has 1 N–H and O–H groups in total. The van der Waals surface area contributed by atoms with Crippen molar-refractivity contribution in [1.29, 1.82) is 5.26 Å². The maximum atomic E-state index is 13.0. The molecule has 3 aromatic carbocycles. The highest BCUT2D eigenvalue weighted by molar-refractivity contribution is 7.95. The second-order valence-electron chi connectivity index (χ2n) is 6.62. The smallest absolute Gasteiger partial charge is 0.220 e. The molecule has 1 heterocycles. The lowest BCUT2D eigenvalue weighted by Gasteiger charge is -2.06. The fourth-order valence-electron chi connectivity index (χ4n) is 3.44. The van der Waals surface area contributed by atoms with E-state index in [0.29, 0.717) is 11.1 Å². The van der Waals surface area contributed by atoms with E-state index >= 15 is 0 Å². The number of allylic oxidation sites excluding steroid dienone is 1. The van der Waals surface area contributed by atoms with Gasteiger partial charge in [0.25, 0.3) is 0 Å². The Kier molecular flexibility index (Phi) is 4.68. The standard InChI is InChI=1S/C22H17N3O4S/c1-25-21-17-6-4-3-5-14(17)7-12-18(21)20(24-25)22(26)19(13-23)30(27,28)16-10-8-15(29-2)9-11-16/h3-12,26H,1-2H3/b22-19+. The molecule has 0 spiro atoms. The summed E-state index contributed by atoms with van der Waals surface area (Å²) in [5.41, 5.74) is 0.765. The first-order valence-corrected chi connectivity index (χ1v) is 10.4. The van der Waals surface area contributed by atoms with Crippen LogP contribution in [0.4, 0.5) is 0 Å². The lowest BCUT2D eigenvalue weighted by molar-refractivity contribution is 0.414. The van der Waals surface area contributed by atoms with Crippen LogP contribution in [0.3, 0.4) is 0 Å². The fourth-order valence-corrected chi connectivity index (χ4v) is 4.65. The number of nitrogens with zero attached hydrogens (tertiary/aromatic N) is 3. The van der Waals surface area contributed by atoms with E-state index in [4.69, 9.17) is 4.74 Å². The van der Waals surface area contributed by atoms with Gasteiger partial charge < -0.3 is 9.84 Å². The average molecular weight is 419 g/mol. The second-order valence-corrected chi connectivity index (χ2v) is 8.51. The van der Waals surface area contributed by atoms with Crippen molar-refractivity contribution in [2.45, 2.75) is 4.90 Å². The zero-order chi connectivity index (χ0) is 21.5. The summed E-state index contributed by atoms with van der Waals surface area (Å²) in [7, 11) is -1.09. The number of aliphatic hydroxyl groups is 1. The van der Waals surface area contributed by atoms with Gasteiger partial charge in [-0.05, 0) is 35.7 Å². The molecule has 0 radical (unpaired) electrons. The molecule has 0 aliphatic heterocycles. The number of hydrogen-bond donors (Lipinski definition) is 1. The maximum absolute atomic E-state index is 13.0. The van der Waals surface area contributed by atoms with Gasteiger partial charge in [-0.25, -0.2) is 8.42 Å². The number of aromatic nitrogens is 2. The fraction of sp³-hybridized carbons (Fsp3) is 0.0909. The second kappa shape index (κ2) is 7.21. The predicted molar refractivity (Wildman–Crippen MR) is 114 cm³/mol. The van der Waals surface area contributed by atoms with Crippen LogP contribution in [-0.2, 0) is 16.9 Å². The zero-order valence-corrected chi connectivity index (χ0v) is 17.0. The number of benzene rings is 3. The molecule has 0 bridgehead atoms. The Labute approximate surface area is 173 Å².